The summed E-state index contributed by atoms with van der Waals surface area (Å²) in [4.78, 5) is 8.90. The third-order valence-electron chi connectivity index (χ3n) is 2.96. The molecule has 0 saturated heterocycles. The van der Waals surface area contributed by atoms with Gasteiger partial charge >= 0.3 is 0 Å². The highest BCUT2D eigenvalue weighted by molar-refractivity contribution is 5.73. The number of benzene rings is 1. The van der Waals surface area contributed by atoms with E-state index >= 15 is 0 Å². The second-order valence-electron chi connectivity index (χ2n) is 4.25. The van der Waals surface area contributed by atoms with E-state index < -0.39 is 0 Å². The largest absolute Gasteiger partial charge is 0.324 e. The van der Waals surface area contributed by atoms with Crippen LogP contribution in [-0.2, 0) is 6.54 Å². The standard InChI is InChI=1S/C14H14N4/c1-10-4-6-11(7-5-10)18-13(9-15)17-12-3-2-8-16-14(12)18/h2-8H,9,15H2,1H3. The first-order valence-electron chi connectivity index (χ1n) is 5.89. The number of hydrogen-bond donors (Lipinski definition) is 1. The summed E-state index contributed by atoms with van der Waals surface area (Å²) in [6, 6.07) is 12.1. The minimum Gasteiger partial charge on any atom is -0.324 e. The van der Waals surface area contributed by atoms with Crippen LogP contribution in [0.3, 0.4) is 0 Å². The fourth-order valence-corrected chi connectivity index (χ4v) is 2.06. The molecule has 0 bridgehead atoms. The second-order valence-corrected chi connectivity index (χ2v) is 4.25. The van der Waals surface area contributed by atoms with Crippen LogP contribution < -0.4 is 5.73 Å². The fourth-order valence-electron chi connectivity index (χ4n) is 2.06. The lowest BCUT2D eigenvalue weighted by Crippen LogP contribution is -2.07. The van der Waals surface area contributed by atoms with Gasteiger partial charge in [-0.15, -0.1) is 0 Å². The Labute approximate surface area is 105 Å². The lowest BCUT2D eigenvalue weighted by Gasteiger charge is -2.07. The van der Waals surface area contributed by atoms with Gasteiger partial charge in [0.2, 0.25) is 0 Å². The normalized spacial score (nSPS) is 11.0. The van der Waals surface area contributed by atoms with Crippen LogP contribution in [0, 0.1) is 6.92 Å². The van der Waals surface area contributed by atoms with E-state index in [1.807, 2.05) is 16.7 Å². The molecule has 0 amide bonds. The Balaban J connectivity index is 2.29. The highest BCUT2D eigenvalue weighted by Crippen LogP contribution is 2.19. The Hall–Kier alpha value is -2.20. The van der Waals surface area contributed by atoms with Crippen LogP contribution in [0.4, 0.5) is 0 Å². The maximum atomic E-state index is 5.77. The smallest absolute Gasteiger partial charge is 0.164 e. The van der Waals surface area contributed by atoms with E-state index in [0.717, 1.165) is 22.7 Å². The van der Waals surface area contributed by atoms with E-state index in [-0.39, 0.29) is 0 Å². The number of hydrogen-bond acceptors (Lipinski definition) is 3. The monoisotopic (exact) mass is 238 g/mol. The number of fused-ring (bicyclic) bond motifs is 1. The highest BCUT2D eigenvalue weighted by Gasteiger charge is 2.11. The molecule has 2 heterocycles. The number of aromatic nitrogens is 3. The molecule has 0 atom stereocenters. The van der Waals surface area contributed by atoms with Crippen molar-refractivity contribution >= 4 is 11.2 Å². The van der Waals surface area contributed by atoms with Gasteiger partial charge < -0.3 is 5.73 Å². The van der Waals surface area contributed by atoms with Gasteiger partial charge in [-0.2, -0.15) is 0 Å². The molecule has 0 spiro atoms. The predicted octanol–water partition coefficient (Wildman–Crippen LogP) is 2.19. The van der Waals surface area contributed by atoms with Crippen molar-refractivity contribution in [2.24, 2.45) is 5.73 Å². The molecule has 0 unspecified atom stereocenters. The number of rotatable bonds is 2. The Morgan fingerprint density at radius 3 is 2.67 bits per heavy atom. The Morgan fingerprint density at radius 1 is 1.17 bits per heavy atom. The van der Waals surface area contributed by atoms with Crippen molar-refractivity contribution in [1.82, 2.24) is 14.5 Å². The van der Waals surface area contributed by atoms with Crippen LogP contribution >= 0.6 is 0 Å². The van der Waals surface area contributed by atoms with Crippen molar-refractivity contribution in [3.63, 3.8) is 0 Å². The van der Waals surface area contributed by atoms with Crippen LogP contribution in [0.2, 0.25) is 0 Å². The van der Waals surface area contributed by atoms with Crippen molar-refractivity contribution < 1.29 is 0 Å². The SMILES string of the molecule is Cc1ccc(-n2c(CN)nc3cccnc32)cc1. The summed E-state index contributed by atoms with van der Waals surface area (Å²) in [6.07, 6.45) is 1.77. The number of nitrogens with zero attached hydrogens (tertiary/aromatic N) is 3. The summed E-state index contributed by atoms with van der Waals surface area (Å²) < 4.78 is 2.01. The average molecular weight is 238 g/mol. The summed E-state index contributed by atoms with van der Waals surface area (Å²) in [5.41, 5.74) is 9.76. The van der Waals surface area contributed by atoms with Crippen molar-refractivity contribution in [2.45, 2.75) is 13.5 Å². The molecule has 0 fully saturated rings. The van der Waals surface area contributed by atoms with Crippen LogP contribution in [-0.4, -0.2) is 14.5 Å². The van der Waals surface area contributed by atoms with Crippen LogP contribution in [0.25, 0.3) is 16.9 Å². The number of aryl methyl sites for hydroxylation is 1. The van der Waals surface area contributed by atoms with Gasteiger partial charge in [0.25, 0.3) is 0 Å². The van der Waals surface area contributed by atoms with Gasteiger partial charge in [0.05, 0.1) is 6.54 Å². The summed E-state index contributed by atoms with van der Waals surface area (Å²) in [7, 11) is 0. The zero-order chi connectivity index (χ0) is 12.5. The Bertz CT molecular complexity index is 683. The minimum atomic E-state index is 0.393. The molecule has 0 radical (unpaired) electrons. The molecule has 90 valence electrons. The lowest BCUT2D eigenvalue weighted by atomic mass is 10.2. The van der Waals surface area contributed by atoms with Crippen LogP contribution in [0.5, 0.6) is 0 Å². The summed E-state index contributed by atoms with van der Waals surface area (Å²) in [6.45, 7) is 2.46. The molecule has 3 aromatic rings. The van der Waals surface area contributed by atoms with E-state index in [4.69, 9.17) is 5.73 Å². The van der Waals surface area contributed by atoms with Gasteiger partial charge in [0, 0.05) is 11.9 Å². The quantitative estimate of drug-likeness (QED) is 0.744. The molecule has 18 heavy (non-hydrogen) atoms. The third-order valence-corrected chi connectivity index (χ3v) is 2.96. The second kappa shape index (κ2) is 4.23. The van der Waals surface area contributed by atoms with Gasteiger partial charge in [0.1, 0.15) is 11.3 Å². The topological polar surface area (TPSA) is 56.7 Å². The third kappa shape index (κ3) is 1.67. The minimum absolute atomic E-state index is 0.393. The molecule has 2 N–H and O–H groups in total. The maximum absolute atomic E-state index is 5.77. The average Bonchev–Trinajstić information content (AvgIpc) is 2.78. The molecule has 0 aliphatic heterocycles. The van der Waals surface area contributed by atoms with Crippen molar-refractivity contribution in [3.05, 3.63) is 54.0 Å². The maximum Gasteiger partial charge on any atom is 0.164 e. The molecule has 1 aromatic carbocycles. The van der Waals surface area contributed by atoms with E-state index in [9.17, 15) is 0 Å². The summed E-state index contributed by atoms with van der Waals surface area (Å²) in [5, 5.41) is 0. The van der Waals surface area contributed by atoms with Gasteiger partial charge in [-0.25, -0.2) is 9.97 Å². The molecule has 4 heteroatoms. The van der Waals surface area contributed by atoms with Crippen LogP contribution in [0.1, 0.15) is 11.4 Å². The van der Waals surface area contributed by atoms with Crippen molar-refractivity contribution in [1.29, 1.82) is 0 Å². The van der Waals surface area contributed by atoms with Gasteiger partial charge in [0.15, 0.2) is 5.65 Å². The molecular weight excluding hydrogens is 224 g/mol. The van der Waals surface area contributed by atoms with Gasteiger partial charge in [-0.1, -0.05) is 17.7 Å². The van der Waals surface area contributed by atoms with Crippen molar-refractivity contribution in [3.8, 4) is 5.69 Å². The number of pyridine rings is 1. The van der Waals surface area contributed by atoms with Crippen molar-refractivity contribution in [2.75, 3.05) is 0 Å². The van der Waals surface area contributed by atoms with Crippen LogP contribution in [0.15, 0.2) is 42.6 Å². The van der Waals surface area contributed by atoms with Gasteiger partial charge in [-0.05, 0) is 31.2 Å². The zero-order valence-corrected chi connectivity index (χ0v) is 10.2. The summed E-state index contributed by atoms with van der Waals surface area (Å²) >= 11 is 0. The van der Waals surface area contributed by atoms with E-state index in [0.29, 0.717) is 6.54 Å². The highest BCUT2D eigenvalue weighted by atomic mass is 15.1. The summed E-state index contributed by atoms with van der Waals surface area (Å²) in [5.74, 6) is 0.826. The van der Waals surface area contributed by atoms with E-state index in [2.05, 4.69) is 41.2 Å². The predicted molar refractivity (Wildman–Crippen MR) is 71.5 cm³/mol. The first kappa shape index (κ1) is 10.9. The number of nitrogens with two attached hydrogens (primary N) is 1. The lowest BCUT2D eigenvalue weighted by molar-refractivity contribution is 0.876. The zero-order valence-electron chi connectivity index (χ0n) is 10.2. The first-order chi connectivity index (χ1) is 8.79. The van der Waals surface area contributed by atoms with E-state index in [1.165, 1.54) is 5.56 Å². The first-order valence-corrected chi connectivity index (χ1v) is 5.89. The molecule has 3 rings (SSSR count). The molecule has 2 aromatic heterocycles. The molecule has 0 saturated carbocycles. The Kier molecular flexibility index (Phi) is 2.57. The molecular formula is C14H14N4. The van der Waals surface area contributed by atoms with E-state index in [1.54, 1.807) is 6.20 Å². The fraction of sp³-hybridized carbons (Fsp3) is 0.143. The molecule has 4 nitrogen and oxygen atoms in total. The van der Waals surface area contributed by atoms with Gasteiger partial charge in [-0.3, -0.25) is 4.57 Å². The number of imidazole rings is 1. The molecule has 0 aliphatic carbocycles. The Morgan fingerprint density at radius 2 is 1.94 bits per heavy atom. The molecule has 0 aliphatic rings.